The number of pyridine rings is 1. The van der Waals surface area contributed by atoms with E-state index in [-0.39, 0.29) is 5.56 Å². The lowest BCUT2D eigenvalue weighted by molar-refractivity contribution is 0.607. The molecule has 128 valence electrons. The predicted molar refractivity (Wildman–Crippen MR) is 102 cm³/mol. The third kappa shape index (κ3) is 3.23. The van der Waals surface area contributed by atoms with E-state index in [1.54, 1.807) is 12.1 Å². The van der Waals surface area contributed by atoms with E-state index in [0.717, 1.165) is 27.6 Å². The molecule has 0 aliphatic rings. The normalized spacial score (nSPS) is 12.9. The maximum absolute atomic E-state index is 12.1. The molecule has 3 rings (SSSR count). The molecule has 0 aliphatic carbocycles. The van der Waals surface area contributed by atoms with Crippen molar-refractivity contribution in [3.63, 3.8) is 0 Å². The van der Waals surface area contributed by atoms with Crippen molar-refractivity contribution in [3.8, 4) is 12.1 Å². The van der Waals surface area contributed by atoms with E-state index in [4.69, 9.17) is 5.26 Å². The number of aryl methyl sites for hydroxylation is 1. The van der Waals surface area contributed by atoms with Crippen LogP contribution in [0.15, 0.2) is 53.3 Å². The molecule has 1 heterocycles. The zero-order valence-electron chi connectivity index (χ0n) is 14.8. The highest BCUT2D eigenvalue weighted by Gasteiger charge is 2.27. The molecular weight excluding hydrogens is 322 g/mol. The van der Waals surface area contributed by atoms with Crippen LogP contribution >= 0.6 is 0 Å². The number of hydrogen-bond acceptors (Lipinski definition) is 3. The van der Waals surface area contributed by atoms with E-state index in [2.05, 4.69) is 17.1 Å². The zero-order valence-corrected chi connectivity index (χ0v) is 14.8. The second-order valence-corrected chi connectivity index (χ2v) is 6.71. The molecule has 26 heavy (non-hydrogen) atoms. The van der Waals surface area contributed by atoms with Gasteiger partial charge in [-0.05, 0) is 60.5 Å². The van der Waals surface area contributed by atoms with Gasteiger partial charge in [0.05, 0.1) is 23.1 Å². The van der Waals surface area contributed by atoms with Gasteiger partial charge in [0.1, 0.15) is 0 Å². The summed E-state index contributed by atoms with van der Waals surface area (Å²) in [4.78, 5) is 15.0. The lowest BCUT2D eigenvalue weighted by Crippen LogP contribution is -2.23. The number of nitriles is 2. The monoisotopic (exact) mass is 341 g/mol. The van der Waals surface area contributed by atoms with Crippen LogP contribution in [-0.2, 0) is 18.3 Å². The third-order valence-electron chi connectivity index (χ3n) is 4.83. The highest BCUT2D eigenvalue weighted by molar-refractivity contribution is 5.80. The summed E-state index contributed by atoms with van der Waals surface area (Å²) in [5, 5.41) is 19.7. The Balaban J connectivity index is 2.02. The molecule has 0 radical (unpaired) electrons. The van der Waals surface area contributed by atoms with Crippen molar-refractivity contribution in [2.45, 2.75) is 32.1 Å². The van der Waals surface area contributed by atoms with Gasteiger partial charge in [0, 0.05) is 11.1 Å². The molecule has 0 bridgehead atoms. The number of aromatic nitrogens is 1. The maximum atomic E-state index is 12.1. The Kier molecular flexibility index (Phi) is 4.61. The highest BCUT2D eigenvalue weighted by Crippen LogP contribution is 2.29. The average Bonchev–Trinajstić information content (AvgIpc) is 2.67. The number of nitrogens with one attached hydrogen (secondary N) is 1. The van der Waals surface area contributed by atoms with Gasteiger partial charge in [0.2, 0.25) is 0 Å². The zero-order chi connectivity index (χ0) is 18.7. The minimum absolute atomic E-state index is 0.0806. The van der Waals surface area contributed by atoms with Crippen molar-refractivity contribution in [3.05, 3.63) is 81.1 Å². The van der Waals surface area contributed by atoms with Crippen LogP contribution in [0.3, 0.4) is 0 Å². The van der Waals surface area contributed by atoms with Gasteiger partial charge in [-0.3, -0.25) is 4.79 Å². The number of rotatable bonds is 4. The van der Waals surface area contributed by atoms with E-state index >= 15 is 0 Å². The smallest absolute Gasteiger partial charge is 0.251 e. The van der Waals surface area contributed by atoms with Crippen LogP contribution in [0, 0.1) is 22.7 Å². The van der Waals surface area contributed by atoms with Crippen molar-refractivity contribution in [2.24, 2.45) is 0 Å². The number of benzene rings is 2. The number of H-pyrrole nitrogens is 1. The average molecular weight is 341 g/mol. The van der Waals surface area contributed by atoms with Crippen molar-refractivity contribution >= 4 is 10.9 Å². The van der Waals surface area contributed by atoms with Gasteiger partial charge < -0.3 is 4.98 Å². The van der Waals surface area contributed by atoms with E-state index in [9.17, 15) is 10.1 Å². The first-order valence-corrected chi connectivity index (χ1v) is 8.56. The lowest BCUT2D eigenvalue weighted by Gasteiger charge is -2.23. The van der Waals surface area contributed by atoms with Crippen LogP contribution in [0.25, 0.3) is 10.9 Å². The van der Waals surface area contributed by atoms with Gasteiger partial charge in [-0.2, -0.15) is 10.5 Å². The summed E-state index contributed by atoms with van der Waals surface area (Å²) in [6, 6.07) is 19.5. The van der Waals surface area contributed by atoms with Crippen LogP contribution in [0.5, 0.6) is 0 Å². The van der Waals surface area contributed by atoms with Gasteiger partial charge in [0.15, 0.2) is 0 Å². The molecular formula is C22H19N3O. The summed E-state index contributed by atoms with van der Waals surface area (Å²) in [5.41, 5.74) is 3.13. The quantitative estimate of drug-likeness (QED) is 0.779. The summed E-state index contributed by atoms with van der Waals surface area (Å²) in [5.74, 6) is 0. The first-order chi connectivity index (χ1) is 12.5. The van der Waals surface area contributed by atoms with Gasteiger partial charge >= 0.3 is 0 Å². The maximum Gasteiger partial charge on any atom is 0.251 e. The van der Waals surface area contributed by atoms with Crippen molar-refractivity contribution < 1.29 is 0 Å². The minimum Gasteiger partial charge on any atom is -0.322 e. The van der Waals surface area contributed by atoms with Crippen LogP contribution < -0.4 is 5.56 Å². The molecule has 3 aromatic rings. The van der Waals surface area contributed by atoms with Crippen LogP contribution in [0.1, 0.15) is 36.1 Å². The Labute approximate surface area is 152 Å². The van der Waals surface area contributed by atoms with Crippen LogP contribution in [-0.4, -0.2) is 4.98 Å². The SMILES string of the molecule is CCc1cc2ccc(C(C)(C#N)Cc3ccc(C#N)cc3)cc2[nH]c1=O. The Morgan fingerprint density at radius 3 is 2.42 bits per heavy atom. The molecule has 0 fully saturated rings. The van der Waals surface area contributed by atoms with Crippen molar-refractivity contribution in [1.82, 2.24) is 4.98 Å². The fraction of sp³-hybridized carbons (Fsp3) is 0.227. The van der Waals surface area contributed by atoms with E-state index in [1.165, 1.54) is 0 Å². The van der Waals surface area contributed by atoms with Crippen molar-refractivity contribution in [2.75, 3.05) is 0 Å². The summed E-state index contributed by atoms with van der Waals surface area (Å²) < 4.78 is 0. The van der Waals surface area contributed by atoms with E-state index in [1.807, 2.05) is 50.2 Å². The largest absolute Gasteiger partial charge is 0.322 e. The number of nitrogens with zero attached hydrogens (tertiary/aromatic N) is 2. The molecule has 1 aromatic heterocycles. The molecule has 2 aromatic carbocycles. The first kappa shape index (κ1) is 17.5. The van der Waals surface area contributed by atoms with Crippen molar-refractivity contribution in [1.29, 1.82) is 10.5 Å². The molecule has 0 saturated carbocycles. The first-order valence-electron chi connectivity index (χ1n) is 8.56. The number of fused-ring (bicyclic) bond motifs is 1. The van der Waals surface area contributed by atoms with Gasteiger partial charge in [-0.25, -0.2) is 0 Å². The summed E-state index contributed by atoms with van der Waals surface area (Å²) in [6.07, 6.45) is 1.21. The molecule has 1 N–H and O–H groups in total. The summed E-state index contributed by atoms with van der Waals surface area (Å²) in [6.45, 7) is 3.85. The van der Waals surface area contributed by atoms with Gasteiger partial charge in [-0.1, -0.05) is 31.2 Å². The molecule has 0 aliphatic heterocycles. The lowest BCUT2D eigenvalue weighted by atomic mass is 9.78. The number of aromatic amines is 1. The number of hydrogen-bond donors (Lipinski definition) is 1. The van der Waals surface area contributed by atoms with Gasteiger partial charge in [-0.15, -0.1) is 0 Å². The van der Waals surface area contributed by atoms with Crippen LogP contribution in [0.4, 0.5) is 0 Å². The second-order valence-electron chi connectivity index (χ2n) is 6.71. The molecule has 1 unspecified atom stereocenters. The predicted octanol–water partition coefficient (Wildman–Crippen LogP) is 3.99. The molecule has 1 atom stereocenters. The molecule has 4 nitrogen and oxygen atoms in total. The highest BCUT2D eigenvalue weighted by atomic mass is 16.1. The Morgan fingerprint density at radius 2 is 1.81 bits per heavy atom. The fourth-order valence-electron chi connectivity index (χ4n) is 3.16. The molecule has 4 heteroatoms. The molecule has 0 saturated heterocycles. The van der Waals surface area contributed by atoms with Gasteiger partial charge in [0.25, 0.3) is 5.56 Å². The summed E-state index contributed by atoms with van der Waals surface area (Å²) >= 11 is 0. The fourth-order valence-corrected chi connectivity index (χ4v) is 3.16. The van der Waals surface area contributed by atoms with E-state index in [0.29, 0.717) is 18.4 Å². The second kappa shape index (κ2) is 6.86. The van der Waals surface area contributed by atoms with Crippen LogP contribution in [0.2, 0.25) is 0 Å². The minimum atomic E-state index is -0.733. The summed E-state index contributed by atoms with van der Waals surface area (Å²) in [7, 11) is 0. The Bertz CT molecular complexity index is 1100. The van der Waals surface area contributed by atoms with E-state index < -0.39 is 5.41 Å². The topological polar surface area (TPSA) is 80.4 Å². The molecule has 0 amide bonds. The third-order valence-corrected chi connectivity index (χ3v) is 4.83. The molecule has 0 spiro atoms. The Morgan fingerprint density at radius 1 is 1.08 bits per heavy atom. The Hall–Kier alpha value is -3.37. The standard InChI is InChI=1S/C22H19N3O/c1-3-17-10-18-8-9-19(11-20(18)25-21(17)26)22(2,14-24)12-15-4-6-16(13-23)7-5-15/h4-11H,3,12H2,1-2H3,(H,25,26).